The van der Waals surface area contributed by atoms with Crippen LogP contribution in [-0.2, 0) is 10.3 Å². The summed E-state index contributed by atoms with van der Waals surface area (Å²) < 4.78 is 16.7. The smallest absolute Gasteiger partial charge is 0.235 e. The van der Waals surface area contributed by atoms with Crippen molar-refractivity contribution < 1.29 is 19.0 Å². The van der Waals surface area contributed by atoms with Gasteiger partial charge in [-0.2, -0.15) is 4.99 Å². The van der Waals surface area contributed by atoms with Gasteiger partial charge in [-0.1, -0.05) is 11.6 Å². The molecule has 0 saturated heterocycles. The van der Waals surface area contributed by atoms with E-state index < -0.39 is 5.54 Å². The van der Waals surface area contributed by atoms with Crippen molar-refractivity contribution >= 4 is 17.7 Å². The zero-order valence-electron chi connectivity index (χ0n) is 11.1. The van der Waals surface area contributed by atoms with E-state index in [1.807, 2.05) is 0 Å². The molecule has 1 saturated carbocycles. The van der Waals surface area contributed by atoms with E-state index in [1.165, 1.54) is 7.11 Å². The lowest BCUT2D eigenvalue weighted by molar-refractivity contribution is 0.157. The summed E-state index contributed by atoms with van der Waals surface area (Å²) in [6, 6.07) is 1.68. The first-order valence-electron chi connectivity index (χ1n) is 6.47. The molecule has 0 spiro atoms. The summed E-state index contributed by atoms with van der Waals surface area (Å²) in [6.07, 6.45) is 4.14. The molecule has 6 heteroatoms. The molecule has 0 unspecified atom stereocenters. The minimum absolute atomic E-state index is 0.430. The lowest BCUT2D eigenvalue weighted by Crippen LogP contribution is -2.34. The molecule has 3 rings (SSSR count). The summed E-state index contributed by atoms with van der Waals surface area (Å²) in [5.41, 5.74) is 0.0553. The average Bonchev–Trinajstić information content (AvgIpc) is 2.41. The predicted molar refractivity (Wildman–Crippen MR) is 72.6 cm³/mol. The quantitative estimate of drug-likeness (QED) is 0.635. The highest BCUT2D eigenvalue weighted by Crippen LogP contribution is 2.56. The minimum Gasteiger partial charge on any atom is -0.495 e. The summed E-state index contributed by atoms with van der Waals surface area (Å²) in [4.78, 5) is 14.8. The second kappa shape index (κ2) is 5.00. The molecule has 0 N–H and O–H groups in total. The van der Waals surface area contributed by atoms with Gasteiger partial charge in [0.2, 0.25) is 6.08 Å². The Morgan fingerprint density at radius 3 is 2.75 bits per heavy atom. The van der Waals surface area contributed by atoms with Crippen LogP contribution >= 0.6 is 11.6 Å². The lowest BCUT2D eigenvalue weighted by Gasteiger charge is -2.39. The molecule has 1 aromatic rings. The van der Waals surface area contributed by atoms with E-state index in [0.29, 0.717) is 41.0 Å². The van der Waals surface area contributed by atoms with Gasteiger partial charge in [0.25, 0.3) is 0 Å². The molecule has 5 nitrogen and oxygen atoms in total. The topological polar surface area (TPSA) is 57.1 Å². The maximum atomic E-state index is 10.8. The first-order valence-corrected chi connectivity index (χ1v) is 6.85. The van der Waals surface area contributed by atoms with Crippen molar-refractivity contribution in [2.75, 3.05) is 20.3 Å². The van der Waals surface area contributed by atoms with Gasteiger partial charge in [-0.15, -0.1) is 0 Å². The summed E-state index contributed by atoms with van der Waals surface area (Å²) in [7, 11) is 1.54. The molecule has 0 radical (unpaired) electrons. The van der Waals surface area contributed by atoms with E-state index in [2.05, 4.69) is 4.99 Å². The minimum atomic E-state index is -0.650. The number of halogens is 1. The molecular formula is C14H14ClNO4. The molecule has 0 aromatic heterocycles. The summed E-state index contributed by atoms with van der Waals surface area (Å²) in [5.74, 6) is 1.65. The Morgan fingerprint density at radius 2 is 2.15 bits per heavy atom. The van der Waals surface area contributed by atoms with E-state index in [9.17, 15) is 4.79 Å². The maximum Gasteiger partial charge on any atom is 0.235 e. The molecule has 0 amide bonds. The van der Waals surface area contributed by atoms with Crippen molar-refractivity contribution in [2.45, 2.75) is 24.8 Å². The van der Waals surface area contributed by atoms with Crippen LogP contribution in [0, 0.1) is 0 Å². The molecule has 106 valence electrons. The fraction of sp³-hybridized carbons (Fsp3) is 0.500. The third kappa shape index (κ3) is 1.86. The molecule has 2 aliphatic rings. The second-order valence-electron chi connectivity index (χ2n) is 4.88. The number of fused-ring (bicyclic) bond motifs is 1. The molecule has 20 heavy (non-hydrogen) atoms. The van der Waals surface area contributed by atoms with Gasteiger partial charge < -0.3 is 14.2 Å². The molecule has 1 aliphatic heterocycles. The number of aliphatic imine (C=N–C) groups is 1. The zero-order valence-corrected chi connectivity index (χ0v) is 11.8. The third-order valence-electron chi connectivity index (χ3n) is 3.85. The molecule has 1 heterocycles. The molecule has 1 fully saturated rings. The molecule has 0 atom stereocenters. The first kappa shape index (κ1) is 13.3. The molecule has 1 aromatic carbocycles. The number of benzene rings is 1. The summed E-state index contributed by atoms with van der Waals surface area (Å²) >= 11 is 6.25. The highest BCUT2D eigenvalue weighted by atomic mass is 35.5. The predicted octanol–water partition coefficient (Wildman–Crippen LogP) is 2.83. The Morgan fingerprint density at radius 1 is 1.40 bits per heavy atom. The zero-order chi connectivity index (χ0) is 14.2. The van der Waals surface area contributed by atoms with Gasteiger partial charge in [-0.05, 0) is 19.3 Å². The van der Waals surface area contributed by atoms with Crippen LogP contribution in [0.5, 0.6) is 17.2 Å². The Labute approximate surface area is 121 Å². The van der Waals surface area contributed by atoms with Crippen LogP contribution in [0.1, 0.15) is 24.8 Å². The van der Waals surface area contributed by atoms with Gasteiger partial charge in [0.1, 0.15) is 24.5 Å². The SMILES string of the molecule is COc1c(Cl)cc2c(c1C1(N=C=O)CCC1)OCCO2. The number of hydrogen-bond donors (Lipinski definition) is 0. The standard InChI is InChI=1S/C14H14ClNO4/c1-18-12-9(15)7-10-13(20-6-5-19-10)11(12)14(16-8-17)3-2-4-14/h7H,2-6H2,1H3. The van der Waals surface area contributed by atoms with Crippen molar-refractivity contribution in [1.82, 2.24) is 0 Å². The van der Waals surface area contributed by atoms with E-state index in [4.69, 9.17) is 25.8 Å². The van der Waals surface area contributed by atoms with Gasteiger partial charge in [0.15, 0.2) is 11.5 Å². The van der Waals surface area contributed by atoms with E-state index in [-0.39, 0.29) is 0 Å². The lowest BCUT2D eigenvalue weighted by atomic mass is 9.71. The molecule has 1 aliphatic carbocycles. The van der Waals surface area contributed by atoms with Crippen LogP contribution in [0.15, 0.2) is 11.1 Å². The maximum absolute atomic E-state index is 10.8. The Hall–Kier alpha value is -1.71. The van der Waals surface area contributed by atoms with E-state index >= 15 is 0 Å². The van der Waals surface area contributed by atoms with Crippen LogP contribution in [-0.4, -0.2) is 26.4 Å². The largest absolute Gasteiger partial charge is 0.495 e. The second-order valence-corrected chi connectivity index (χ2v) is 5.29. The van der Waals surface area contributed by atoms with Crippen molar-refractivity contribution in [3.63, 3.8) is 0 Å². The summed E-state index contributed by atoms with van der Waals surface area (Å²) in [5, 5.41) is 0.430. The number of isocyanates is 1. The molecular weight excluding hydrogens is 282 g/mol. The van der Waals surface area contributed by atoms with Gasteiger partial charge in [0, 0.05) is 6.07 Å². The highest BCUT2D eigenvalue weighted by molar-refractivity contribution is 6.32. The fourth-order valence-electron chi connectivity index (χ4n) is 2.78. The van der Waals surface area contributed by atoms with Gasteiger partial charge >= 0.3 is 0 Å². The number of methoxy groups -OCH3 is 1. The fourth-order valence-corrected chi connectivity index (χ4v) is 3.05. The van der Waals surface area contributed by atoms with Crippen molar-refractivity contribution in [1.29, 1.82) is 0 Å². The average molecular weight is 296 g/mol. The first-order chi connectivity index (χ1) is 9.72. The van der Waals surface area contributed by atoms with Gasteiger partial charge in [-0.25, -0.2) is 4.79 Å². The number of nitrogens with zero attached hydrogens (tertiary/aromatic N) is 1. The Kier molecular flexibility index (Phi) is 3.32. The Bertz CT molecular complexity index is 591. The van der Waals surface area contributed by atoms with Crippen LogP contribution in [0.3, 0.4) is 0 Å². The normalized spacial score (nSPS) is 18.7. The number of hydrogen-bond acceptors (Lipinski definition) is 5. The van der Waals surface area contributed by atoms with Crippen LogP contribution in [0.2, 0.25) is 5.02 Å². The van der Waals surface area contributed by atoms with Crippen molar-refractivity contribution in [2.24, 2.45) is 4.99 Å². The number of ether oxygens (including phenoxy) is 3. The van der Waals surface area contributed by atoms with Crippen LogP contribution < -0.4 is 14.2 Å². The highest BCUT2D eigenvalue weighted by Gasteiger charge is 2.45. The van der Waals surface area contributed by atoms with Crippen molar-refractivity contribution in [3.8, 4) is 17.2 Å². The van der Waals surface area contributed by atoms with Gasteiger partial charge in [-0.3, -0.25) is 0 Å². The number of carbonyl (C=O) groups excluding carboxylic acids is 1. The van der Waals surface area contributed by atoms with E-state index in [1.54, 1.807) is 12.1 Å². The van der Waals surface area contributed by atoms with Gasteiger partial charge in [0.05, 0.1) is 17.7 Å². The Balaban J connectivity index is 2.26. The molecule has 0 bridgehead atoms. The number of rotatable bonds is 3. The van der Waals surface area contributed by atoms with E-state index in [0.717, 1.165) is 19.3 Å². The third-order valence-corrected chi connectivity index (χ3v) is 4.13. The van der Waals surface area contributed by atoms with Crippen molar-refractivity contribution in [3.05, 3.63) is 16.7 Å². The van der Waals surface area contributed by atoms with Crippen LogP contribution in [0.4, 0.5) is 0 Å². The monoisotopic (exact) mass is 295 g/mol. The summed E-state index contributed by atoms with van der Waals surface area (Å²) in [6.45, 7) is 0.921. The van der Waals surface area contributed by atoms with Crippen LogP contribution in [0.25, 0.3) is 0 Å².